The molecule has 0 spiro atoms. The van der Waals surface area contributed by atoms with E-state index in [2.05, 4.69) is 10.3 Å². The van der Waals surface area contributed by atoms with Gasteiger partial charge >= 0.3 is 0 Å². The number of carbonyl (C=O) groups excluding carboxylic acids is 1. The molecule has 1 aromatic heterocycles. The van der Waals surface area contributed by atoms with Crippen LogP contribution in [-0.4, -0.2) is 24.1 Å². The molecule has 4 nitrogen and oxygen atoms in total. The molecule has 1 N–H and O–H groups in total. The van der Waals surface area contributed by atoms with Crippen LogP contribution in [0.4, 0.5) is 0 Å². The molecular weight excluding hydrogens is 216 g/mol. The normalized spacial score (nSPS) is 11.2. The van der Waals surface area contributed by atoms with Crippen molar-refractivity contribution in [2.45, 2.75) is 32.7 Å². The first-order chi connectivity index (χ1) is 8.06. The van der Waals surface area contributed by atoms with Crippen molar-refractivity contribution in [2.24, 2.45) is 0 Å². The molecule has 0 aromatic carbocycles. The number of ether oxygens (including phenoxy) is 1. The number of rotatable bonds is 6. The largest absolute Gasteiger partial charge is 0.381 e. The van der Waals surface area contributed by atoms with Crippen LogP contribution in [0.15, 0.2) is 24.4 Å². The molecule has 0 saturated heterocycles. The van der Waals surface area contributed by atoms with Gasteiger partial charge in [0.15, 0.2) is 0 Å². The number of amides is 1. The van der Waals surface area contributed by atoms with Crippen molar-refractivity contribution in [1.82, 2.24) is 10.3 Å². The summed E-state index contributed by atoms with van der Waals surface area (Å²) in [5, 5.41) is 2.95. The second-order valence-electron chi connectivity index (χ2n) is 4.34. The monoisotopic (exact) mass is 236 g/mol. The third-order valence-electron chi connectivity index (χ3n) is 2.43. The number of pyridine rings is 1. The average molecular weight is 236 g/mol. The first-order valence-electron chi connectivity index (χ1n) is 5.86. The molecule has 0 bridgehead atoms. The van der Waals surface area contributed by atoms with E-state index in [0.29, 0.717) is 19.6 Å². The van der Waals surface area contributed by atoms with Gasteiger partial charge in [-0.2, -0.15) is 0 Å². The fourth-order valence-electron chi connectivity index (χ4n) is 1.52. The average Bonchev–Trinajstić information content (AvgIpc) is 2.30. The van der Waals surface area contributed by atoms with Crippen molar-refractivity contribution in [3.63, 3.8) is 0 Å². The van der Waals surface area contributed by atoms with Crippen LogP contribution in [0.2, 0.25) is 0 Å². The predicted octanol–water partition coefficient (Wildman–Crippen LogP) is 1.86. The van der Waals surface area contributed by atoms with E-state index >= 15 is 0 Å². The van der Waals surface area contributed by atoms with E-state index in [1.807, 2.05) is 39.0 Å². The van der Waals surface area contributed by atoms with Gasteiger partial charge in [-0.3, -0.25) is 9.78 Å². The number of nitrogens with zero attached hydrogens (tertiary/aromatic N) is 1. The molecule has 0 fully saturated rings. The Hall–Kier alpha value is -1.42. The fraction of sp³-hybridized carbons (Fsp3) is 0.538. The van der Waals surface area contributed by atoms with Crippen LogP contribution in [0.1, 0.15) is 32.9 Å². The first kappa shape index (κ1) is 13.6. The molecule has 0 radical (unpaired) electrons. The Labute approximate surface area is 102 Å². The quantitative estimate of drug-likeness (QED) is 0.767. The van der Waals surface area contributed by atoms with Crippen molar-refractivity contribution in [2.75, 3.05) is 13.2 Å². The fourth-order valence-corrected chi connectivity index (χ4v) is 1.52. The van der Waals surface area contributed by atoms with Crippen LogP contribution in [0, 0.1) is 0 Å². The van der Waals surface area contributed by atoms with Crippen molar-refractivity contribution in [3.8, 4) is 0 Å². The highest BCUT2D eigenvalue weighted by molar-refractivity contribution is 5.76. The van der Waals surface area contributed by atoms with Crippen molar-refractivity contribution in [3.05, 3.63) is 30.1 Å². The summed E-state index contributed by atoms with van der Waals surface area (Å²) < 4.78 is 5.15. The Kier molecular flexibility index (Phi) is 5.10. The molecule has 94 valence electrons. The predicted molar refractivity (Wildman–Crippen MR) is 66.5 cm³/mol. The molecule has 0 unspecified atom stereocenters. The van der Waals surface area contributed by atoms with Crippen LogP contribution < -0.4 is 5.32 Å². The summed E-state index contributed by atoms with van der Waals surface area (Å²) in [5.74, 6) is -0.0193. The van der Waals surface area contributed by atoms with Gasteiger partial charge in [0.2, 0.25) is 5.91 Å². The second kappa shape index (κ2) is 6.35. The Morgan fingerprint density at radius 2 is 2.24 bits per heavy atom. The molecule has 1 rings (SSSR count). The number of hydrogen-bond donors (Lipinski definition) is 1. The van der Waals surface area contributed by atoms with Gasteiger partial charge in [-0.1, -0.05) is 6.07 Å². The Morgan fingerprint density at radius 3 is 2.82 bits per heavy atom. The number of aromatic nitrogens is 1. The minimum Gasteiger partial charge on any atom is -0.381 e. The van der Waals surface area contributed by atoms with Gasteiger partial charge in [0.1, 0.15) is 0 Å². The summed E-state index contributed by atoms with van der Waals surface area (Å²) in [6, 6.07) is 5.68. The van der Waals surface area contributed by atoms with Crippen LogP contribution in [0.5, 0.6) is 0 Å². The molecule has 17 heavy (non-hydrogen) atoms. The number of carbonyl (C=O) groups is 1. The minimum absolute atomic E-state index is 0.0193. The van der Waals surface area contributed by atoms with Gasteiger partial charge in [-0.25, -0.2) is 0 Å². The second-order valence-corrected chi connectivity index (χ2v) is 4.34. The van der Waals surface area contributed by atoms with E-state index in [0.717, 1.165) is 5.69 Å². The van der Waals surface area contributed by atoms with Crippen molar-refractivity contribution in [1.29, 1.82) is 0 Å². The highest BCUT2D eigenvalue weighted by Gasteiger charge is 2.23. The van der Waals surface area contributed by atoms with Gasteiger partial charge < -0.3 is 10.1 Å². The molecule has 4 heteroatoms. The molecule has 0 atom stereocenters. The van der Waals surface area contributed by atoms with Crippen molar-refractivity contribution < 1.29 is 9.53 Å². The van der Waals surface area contributed by atoms with E-state index in [1.165, 1.54) is 0 Å². The van der Waals surface area contributed by atoms with Gasteiger partial charge in [0, 0.05) is 19.2 Å². The van der Waals surface area contributed by atoms with E-state index in [9.17, 15) is 4.79 Å². The molecule has 1 amide bonds. The number of hydrogen-bond acceptors (Lipinski definition) is 3. The lowest BCUT2D eigenvalue weighted by Crippen LogP contribution is -2.41. The lowest BCUT2D eigenvalue weighted by atomic mass is 9.99. The van der Waals surface area contributed by atoms with E-state index in [1.54, 1.807) is 6.20 Å². The molecule has 0 aliphatic carbocycles. The van der Waals surface area contributed by atoms with Gasteiger partial charge in [0.25, 0.3) is 0 Å². The van der Waals surface area contributed by atoms with Crippen molar-refractivity contribution >= 4 is 5.91 Å². The summed E-state index contributed by atoms with van der Waals surface area (Å²) in [5.41, 5.74) is 0.398. The molecular formula is C13H20N2O2. The summed E-state index contributed by atoms with van der Waals surface area (Å²) in [4.78, 5) is 15.9. The maximum atomic E-state index is 11.7. The standard InChI is InChI=1S/C13H20N2O2/c1-4-17-10-8-12(16)15-13(2,3)11-7-5-6-9-14-11/h5-7,9H,4,8,10H2,1-3H3,(H,15,16). The molecule has 1 aromatic rings. The first-order valence-corrected chi connectivity index (χ1v) is 5.86. The summed E-state index contributed by atoms with van der Waals surface area (Å²) in [7, 11) is 0. The van der Waals surface area contributed by atoms with Gasteiger partial charge in [-0.15, -0.1) is 0 Å². The highest BCUT2D eigenvalue weighted by Crippen LogP contribution is 2.16. The van der Waals surface area contributed by atoms with Crippen LogP contribution in [0.3, 0.4) is 0 Å². The molecule has 1 heterocycles. The zero-order chi connectivity index (χ0) is 12.7. The van der Waals surface area contributed by atoms with Crippen LogP contribution >= 0.6 is 0 Å². The maximum absolute atomic E-state index is 11.7. The zero-order valence-corrected chi connectivity index (χ0v) is 10.7. The Morgan fingerprint density at radius 1 is 1.47 bits per heavy atom. The van der Waals surface area contributed by atoms with Gasteiger partial charge in [-0.05, 0) is 32.9 Å². The van der Waals surface area contributed by atoms with E-state index in [4.69, 9.17) is 4.74 Å². The zero-order valence-electron chi connectivity index (χ0n) is 10.7. The minimum atomic E-state index is -0.454. The van der Waals surface area contributed by atoms with E-state index < -0.39 is 5.54 Å². The van der Waals surface area contributed by atoms with E-state index in [-0.39, 0.29) is 5.91 Å². The summed E-state index contributed by atoms with van der Waals surface area (Å²) >= 11 is 0. The lowest BCUT2D eigenvalue weighted by molar-refractivity contribution is -0.123. The molecule has 0 aliphatic rings. The molecule has 0 saturated carbocycles. The van der Waals surface area contributed by atoms with Gasteiger partial charge in [0.05, 0.1) is 17.8 Å². The van der Waals surface area contributed by atoms with Crippen LogP contribution in [0.25, 0.3) is 0 Å². The third-order valence-corrected chi connectivity index (χ3v) is 2.43. The maximum Gasteiger partial charge on any atom is 0.223 e. The van der Waals surface area contributed by atoms with Crippen LogP contribution in [-0.2, 0) is 15.1 Å². The summed E-state index contributed by atoms with van der Waals surface area (Å²) in [6.07, 6.45) is 2.10. The summed E-state index contributed by atoms with van der Waals surface area (Å²) in [6.45, 7) is 6.88. The lowest BCUT2D eigenvalue weighted by Gasteiger charge is -2.25. The molecule has 0 aliphatic heterocycles. The Balaban J connectivity index is 2.52. The highest BCUT2D eigenvalue weighted by atomic mass is 16.5. The Bertz CT molecular complexity index is 350. The topological polar surface area (TPSA) is 51.2 Å². The number of nitrogens with one attached hydrogen (secondary N) is 1. The third kappa shape index (κ3) is 4.53. The smallest absolute Gasteiger partial charge is 0.223 e. The SMILES string of the molecule is CCOCCC(=O)NC(C)(C)c1ccccn1.